The lowest BCUT2D eigenvalue weighted by atomic mass is 9.83. The van der Waals surface area contributed by atoms with Crippen LogP contribution in [0.4, 0.5) is 17.6 Å². The maximum atomic E-state index is 10.3. The van der Waals surface area contributed by atoms with Crippen LogP contribution in [0, 0.1) is 5.92 Å². The van der Waals surface area contributed by atoms with Crippen molar-refractivity contribution in [1.82, 2.24) is 24.8 Å². The topological polar surface area (TPSA) is 119 Å². The van der Waals surface area contributed by atoms with Crippen LogP contribution >= 0.6 is 0 Å². The fraction of sp³-hybridized carbons (Fsp3) is 0.538. The highest BCUT2D eigenvalue weighted by Crippen LogP contribution is 2.29. The molecule has 0 bridgehead atoms. The molecule has 3 aromatic heterocycles. The maximum Gasteiger partial charge on any atom is 0.229 e. The normalized spacial score (nSPS) is 16.6. The number of likely N-dealkylation sites (tertiary alicyclic amines) is 1. The molecule has 35 heavy (non-hydrogen) atoms. The predicted octanol–water partition coefficient (Wildman–Crippen LogP) is 4.02. The molecule has 0 spiro atoms. The van der Waals surface area contributed by atoms with Crippen LogP contribution in [-0.4, -0.2) is 59.8 Å². The number of aromatic nitrogens is 4. The molecule has 188 valence electrons. The maximum absolute atomic E-state index is 10.3. The number of fused-ring (bicyclic) bond motifs is 1. The summed E-state index contributed by atoms with van der Waals surface area (Å²) in [5, 5.41) is 27.6. The molecule has 1 atom stereocenters. The minimum Gasteiger partial charge on any atom is -0.390 e. The van der Waals surface area contributed by atoms with Crippen LogP contribution in [0.5, 0.6) is 0 Å². The van der Waals surface area contributed by atoms with Gasteiger partial charge >= 0.3 is 0 Å². The van der Waals surface area contributed by atoms with E-state index in [-0.39, 0.29) is 6.04 Å². The van der Waals surface area contributed by atoms with E-state index in [0.29, 0.717) is 34.7 Å². The first kappa shape index (κ1) is 25.2. The van der Waals surface area contributed by atoms with Gasteiger partial charge in [-0.05, 0) is 84.2 Å². The zero-order valence-corrected chi connectivity index (χ0v) is 21.3. The monoisotopic (exact) mass is 479 g/mol. The molecular formula is C26H37N7O2. The van der Waals surface area contributed by atoms with E-state index < -0.39 is 11.7 Å². The summed E-state index contributed by atoms with van der Waals surface area (Å²) in [6, 6.07) is 5.98. The zero-order chi connectivity index (χ0) is 25.2. The first-order valence-corrected chi connectivity index (χ1v) is 12.4. The second-order valence-corrected chi connectivity index (χ2v) is 10.4. The third-order valence-electron chi connectivity index (χ3n) is 6.50. The molecule has 4 N–H and O–H groups in total. The number of anilines is 3. The molecule has 4 heterocycles. The van der Waals surface area contributed by atoms with Gasteiger partial charge in [-0.2, -0.15) is 0 Å². The third kappa shape index (κ3) is 6.42. The minimum absolute atomic E-state index is 0.163. The SMILES string of the molecule is CC(C)Nc1nc(C(C)O)cc2cnc(Nc3ccc(CN4CCC(C(C)(C)O)CC4)cn3)nc12. The Kier molecular flexibility index (Phi) is 7.49. The van der Waals surface area contributed by atoms with Gasteiger partial charge in [0.15, 0.2) is 5.82 Å². The Hall–Kier alpha value is -2.88. The van der Waals surface area contributed by atoms with Gasteiger partial charge in [0.2, 0.25) is 5.95 Å². The van der Waals surface area contributed by atoms with Crippen molar-refractivity contribution in [2.45, 2.75) is 71.8 Å². The molecule has 1 saturated heterocycles. The van der Waals surface area contributed by atoms with E-state index in [4.69, 9.17) is 0 Å². The van der Waals surface area contributed by atoms with E-state index in [1.165, 1.54) is 0 Å². The second kappa shape index (κ2) is 10.4. The van der Waals surface area contributed by atoms with Gasteiger partial charge in [-0.3, -0.25) is 4.90 Å². The van der Waals surface area contributed by atoms with Gasteiger partial charge in [-0.1, -0.05) is 6.07 Å². The van der Waals surface area contributed by atoms with Crippen molar-refractivity contribution >= 4 is 28.5 Å². The number of piperidine rings is 1. The van der Waals surface area contributed by atoms with Crippen LogP contribution in [0.1, 0.15) is 64.8 Å². The lowest BCUT2D eigenvalue weighted by Gasteiger charge is -2.37. The van der Waals surface area contributed by atoms with Crippen molar-refractivity contribution in [3.63, 3.8) is 0 Å². The molecule has 0 amide bonds. The van der Waals surface area contributed by atoms with Crippen molar-refractivity contribution in [3.8, 4) is 0 Å². The van der Waals surface area contributed by atoms with Gasteiger partial charge in [0, 0.05) is 30.4 Å². The number of nitrogens with zero attached hydrogens (tertiary/aromatic N) is 5. The van der Waals surface area contributed by atoms with E-state index in [2.05, 4.69) is 41.5 Å². The smallest absolute Gasteiger partial charge is 0.229 e. The summed E-state index contributed by atoms with van der Waals surface area (Å²) >= 11 is 0. The highest BCUT2D eigenvalue weighted by Gasteiger charge is 2.30. The number of hydrogen-bond acceptors (Lipinski definition) is 9. The number of aliphatic hydroxyl groups is 2. The molecule has 1 aliphatic heterocycles. The average molecular weight is 480 g/mol. The summed E-state index contributed by atoms with van der Waals surface area (Å²) in [6.07, 6.45) is 4.96. The van der Waals surface area contributed by atoms with Crippen LogP contribution in [0.15, 0.2) is 30.6 Å². The molecule has 1 unspecified atom stereocenters. The molecule has 0 aliphatic carbocycles. The zero-order valence-electron chi connectivity index (χ0n) is 21.3. The lowest BCUT2D eigenvalue weighted by molar-refractivity contribution is -0.0136. The van der Waals surface area contributed by atoms with Crippen molar-refractivity contribution in [1.29, 1.82) is 0 Å². The molecule has 9 nitrogen and oxygen atoms in total. The summed E-state index contributed by atoms with van der Waals surface area (Å²) in [5.74, 6) is 2.08. The fourth-order valence-electron chi connectivity index (χ4n) is 4.47. The van der Waals surface area contributed by atoms with Crippen LogP contribution in [0.3, 0.4) is 0 Å². The predicted molar refractivity (Wildman–Crippen MR) is 139 cm³/mol. The fourth-order valence-corrected chi connectivity index (χ4v) is 4.47. The van der Waals surface area contributed by atoms with Crippen molar-refractivity contribution in [3.05, 3.63) is 41.9 Å². The Morgan fingerprint density at radius 3 is 2.43 bits per heavy atom. The van der Waals surface area contributed by atoms with Crippen molar-refractivity contribution < 1.29 is 10.2 Å². The Bertz CT molecular complexity index is 1130. The van der Waals surface area contributed by atoms with Crippen LogP contribution in [0.25, 0.3) is 10.9 Å². The van der Waals surface area contributed by atoms with E-state index in [1.807, 2.05) is 46.0 Å². The van der Waals surface area contributed by atoms with E-state index >= 15 is 0 Å². The molecule has 1 aliphatic rings. The molecular weight excluding hydrogens is 442 g/mol. The van der Waals surface area contributed by atoms with Gasteiger partial charge in [0.1, 0.15) is 11.3 Å². The minimum atomic E-state index is -0.680. The third-order valence-corrected chi connectivity index (χ3v) is 6.50. The largest absolute Gasteiger partial charge is 0.390 e. The molecule has 1 fully saturated rings. The molecule has 0 saturated carbocycles. The van der Waals surface area contributed by atoms with Crippen LogP contribution < -0.4 is 10.6 Å². The Labute approximate surface area is 207 Å². The summed E-state index contributed by atoms with van der Waals surface area (Å²) in [5.41, 5.74) is 1.81. The van der Waals surface area contributed by atoms with Gasteiger partial charge in [0.25, 0.3) is 0 Å². The molecule has 4 rings (SSSR count). The first-order valence-electron chi connectivity index (χ1n) is 12.4. The Morgan fingerprint density at radius 2 is 1.83 bits per heavy atom. The second-order valence-electron chi connectivity index (χ2n) is 10.4. The highest BCUT2D eigenvalue weighted by molar-refractivity contribution is 5.89. The molecule has 0 radical (unpaired) electrons. The number of aliphatic hydroxyl groups excluding tert-OH is 1. The average Bonchev–Trinajstić information content (AvgIpc) is 2.80. The van der Waals surface area contributed by atoms with E-state index in [0.717, 1.165) is 43.4 Å². The van der Waals surface area contributed by atoms with Gasteiger partial charge in [0.05, 0.1) is 17.4 Å². The van der Waals surface area contributed by atoms with E-state index in [1.54, 1.807) is 13.1 Å². The summed E-state index contributed by atoms with van der Waals surface area (Å²) < 4.78 is 0. The van der Waals surface area contributed by atoms with Gasteiger partial charge in [-0.15, -0.1) is 0 Å². The molecule has 0 aromatic carbocycles. The lowest BCUT2D eigenvalue weighted by Crippen LogP contribution is -2.41. The highest BCUT2D eigenvalue weighted by atomic mass is 16.3. The summed E-state index contributed by atoms with van der Waals surface area (Å²) in [4.78, 5) is 20.6. The first-order chi connectivity index (χ1) is 16.6. The Morgan fingerprint density at radius 1 is 1.09 bits per heavy atom. The van der Waals surface area contributed by atoms with Crippen LogP contribution in [0.2, 0.25) is 0 Å². The van der Waals surface area contributed by atoms with Gasteiger partial charge < -0.3 is 20.8 Å². The quantitative estimate of drug-likeness (QED) is 0.380. The molecule has 3 aromatic rings. The standard InChI is InChI=1S/C26H37N7O2/c1-16(2)29-24-23-19(12-21(30-24)17(3)34)14-28-25(32-23)31-22-7-6-18(13-27-22)15-33-10-8-20(9-11-33)26(4,5)35/h6-7,12-14,16-17,20,34-35H,8-11,15H2,1-5H3,(H,29,30)(H,27,28,31,32). The summed E-state index contributed by atoms with van der Waals surface area (Å²) in [7, 11) is 0. The molecule has 9 heteroatoms. The van der Waals surface area contributed by atoms with Crippen LogP contribution in [-0.2, 0) is 6.54 Å². The summed E-state index contributed by atoms with van der Waals surface area (Å²) in [6.45, 7) is 12.4. The van der Waals surface area contributed by atoms with Crippen molar-refractivity contribution in [2.75, 3.05) is 23.7 Å². The number of pyridine rings is 2. The number of rotatable bonds is 8. The van der Waals surface area contributed by atoms with E-state index in [9.17, 15) is 10.2 Å². The van der Waals surface area contributed by atoms with Gasteiger partial charge in [-0.25, -0.2) is 19.9 Å². The van der Waals surface area contributed by atoms with Crippen molar-refractivity contribution in [2.24, 2.45) is 5.92 Å². The number of hydrogen-bond donors (Lipinski definition) is 4. The number of nitrogens with one attached hydrogen (secondary N) is 2. The Balaban J connectivity index is 1.44.